The predicted octanol–water partition coefficient (Wildman–Crippen LogP) is 3.03. The Morgan fingerprint density at radius 3 is 2.43 bits per heavy atom. The fraction of sp³-hybridized carbons (Fsp3) is 0.818. The van der Waals surface area contributed by atoms with E-state index in [0.717, 1.165) is 6.42 Å². The van der Waals surface area contributed by atoms with Crippen molar-refractivity contribution in [3.63, 3.8) is 0 Å². The average Bonchev–Trinajstić information content (AvgIpc) is 2.18. The molecule has 14 heavy (non-hydrogen) atoms. The van der Waals surface area contributed by atoms with Crippen LogP contribution in [0.15, 0.2) is 0 Å². The van der Waals surface area contributed by atoms with Crippen molar-refractivity contribution in [1.29, 1.82) is 0 Å². The summed E-state index contributed by atoms with van der Waals surface area (Å²) in [4.78, 5) is 3.61. The summed E-state index contributed by atoms with van der Waals surface area (Å²) in [5.41, 5.74) is 0. The van der Waals surface area contributed by atoms with Crippen molar-refractivity contribution in [3.8, 4) is 6.07 Å². The average molecular weight is 192 g/mol. The molecule has 5 atom stereocenters. The standard InChI is InChI=1S/C11H16N2O/c1-7-5-11(12-4)9(3)10(6-13-14)8(7)2/h7-11H,5H2,1-3H3. The molecule has 1 aliphatic rings. The van der Waals surface area contributed by atoms with Crippen LogP contribution in [0.25, 0.3) is 9.85 Å². The quantitative estimate of drug-likeness (QED) is 0.429. The fourth-order valence-electron chi connectivity index (χ4n) is 2.35. The van der Waals surface area contributed by atoms with Crippen LogP contribution in [-0.4, -0.2) is 6.04 Å². The number of hydrogen-bond acceptors (Lipinski definition) is 1. The van der Waals surface area contributed by atoms with Crippen molar-refractivity contribution in [1.82, 2.24) is 0 Å². The van der Waals surface area contributed by atoms with Crippen molar-refractivity contribution < 1.29 is 0 Å². The molecule has 0 radical (unpaired) electrons. The lowest BCUT2D eigenvalue weighted by Crippen LogP contribution is -2.37. The maximum Gasteiger partial charge on any atom is 0.302 e. The molecule has 1 saturated carbocycles. The van der Waals surface area contributed by atoms with Crippen LogP contribution >= 0.6 is 0 Å². The minimum atomic E-state index is 0.0282. The van der Waals surface area contributed by atoms with Crippen molar-refractivity contribution in [2.24, 2.45) is 23.7 Å². The van der Waals surface area contributed by atoms with Crippen molar-refractivity contribution >= 4 is 0 Å². The molecule has 0 aromatic rings. The zero-order chi connectivity index (χ0) is 10.7. The Labute approximate surface area is 85.3 Å². The summed E-state index contributed by atoms with van der Waals surface area (Å²) in [5.74, 6) is 1.14. The van der Waals surface area contributed by atoms with Gasteiger partial charge in [0.2, 0.25) is 6.04 Å². The van der Waals surface area contributed by atoms with E-state index in [2.05, 4.69) is 29.8 Å². The molecule has 0 spiro atoms. The number of hydrogen-bond donors (Lipinski definition) is 0. The van der Waals surface area contributed by atoms with Gasteiger partial charge in [-0.1, -0.05) is 20.8 Å². The third-order valence-electron chi connectivity index (χ3n) is 3.62. The molecule has 0 aromatic heterocycles. The molecule has 1 aliphatic carbocycles. The molecule has 3 nitrogen and oxygen atoms in total. The Kier molecular flexibility index (Phi) is 3.36. The summed E-state index contributed by atoms with van der Waals surface area (Å²) in [6.45, 7) is 13.4. The van der Waals surface area contributed by atoms with Crippen LogP contribution in [0.5, 0.6) is 0 Å². The summed E-state index contributed by atoms with van der Waals surface area (Å²) in [6.07, 6.45) is 0.933. The molecule has 1 fully saturated rings. The summed E-state index contributed by atoms with van der Waals surface area (Å²) in [5, 5.41) is 13.0. The lowest BCUT2D eigenvalue weighted by atomic mass is 9.67. The zero-order valence-electron chi connectivity index (χ0n) is 8.90. The smallest absolute Gasteiger partial charge is 0.302 e. The van der Waals surface area contributed by atoms with Gasteiger partial charge in [-0.25, -0.2) is 6.57 Å². The van der Waals surface area contributed by atoms with Crippen LogP contribution in [0, 0.1) is 41.5 Å². The van der Waals surface area contributed by atoms with Crippen LogP contribution in [0.1, 0.15) is 27.2 Å². The van der Waals surface area contributed by atoms with Crippen LogP contribution < -0.4 is 0 Å². The number of nitrogens with zero attached hydrogens (tertiary/aromatic N) is 2. The summed E-state index contributed by atoms with van der Waals surface area (Å²) < 4.78 is 0. The van der Waals surface area contributed by atoms with E-state index in [1.807, 2.05) is 6.92 Å². The molecule has 0 amide bonds. The van der Waals surface area contributed by atoms with Crippen LogP contribution in [0.3, 0.4) is 0 Å². The van der Waals surface area contributed by atoms with E-state index in [-0.39, 0.29) is 17.9 Å². The first-order valence-electron chi connectivity index (χ1n) is 5.06. The second kappa shape index (κ2) is 4.33. The van der Waals surface area contributed by atoms with E-state index in [9.17, 15) is 5.21 Å². The first kappa shape index (κ1) is 10.9. The van der Waals surface area contributed by atoms with Gasteiger partial charge in [-0.05, 0) is 11.8 Å². The van der Waals surface area contributed by atoms with Gasteiger partial charge in [-0.3, -0.25) is 0 Å². The summed E-state index contributed by atoms with van der Waals surface area (Å²) in [6, 6.07) is 2.63. The topological polar surface area (TPSA) is 31.8 Å². The summed E-state index contributed by atoms with van der Waals surface area (Å²) in [7, 11) is 0. The molecule has 0 bridgehead atoms. The molecule has 3 heteroatoms. The highest BCUT2D eigenvalue weighted by atomic mass is 16.4. The molecule has 5 unspecified atom stereocenters. The molecule has 0 N–H and O–H groups in total. The summed E-state index contributed by atoms with van der Waals surface area (Å²) >= 11 is 0. The Hall–Kier alpha value is -1.22. The molecule has 1 rings (SSSR count). The fourth-order valence-corrected chi connectivity index (χ4v) is 2.35. The molecule has 76 valence electrons. The maximum absolute atomic E-state index is 10.2. The highest BCUT2D eigenvalue weighted by Gasteiger charge is 2.44. The minimum absolute atomic E-state index is 0.0282. The molecule has 0 aromatic carbocycles. The highest BCUT2D eigenvalue weighted by molar-refractivity contribution is 5.07. The first-order chi connectivity index (χ1) is 6.61. The van der Waals surface area contributed by atoms with Gasteiger partial charge >= 0.3 is 6.07 Å². The Bertz CT molecular complexity index is 297. The highest BCUT2D eigenvalue weighted by Crippen LogP contribution is 2.39. The largest absolute Gasteiger partial charge is 0.498 e. The van der Waals surface area contributed by atoms with E-state index in [1.165, 1.54) is 0 Å². The van der Waals surface area contributed by atoms with Gasteiger partial charge in [0.1, 0.15) is 5.92 Å². The monoisotopic (exact) mass is 192 g/mol. The Morgan fingerprint density at radius 2 is 1.93 bits per heavy atom. The van der Waals surface area contributed by atoms with Crippen LogP contribution in [0.4, 0.5) is 0 Å². The van der Waals surface area contributed by atoms with E-state index in [1.54, 1.807) is 0 Å². The lowest BCUT2D eigenvalue weighted by molar-refractivity contribution is 0.157. The predicted molar refractivity (Wildman–Crippen MR) is 56.6 cm³/mol. The first-order valence-corrected chi connectivity index (χ1v) is 5.06. The molecular weight excluding hydrogens is 176 g/mol. The zero-order valence-corrected chi connectivity index (χ0v) is 8.90. The molecule has 0 saturated heterocycles. The van der Waals surface area contributed by atoms with Gasteiger partial charge < -0.3 is 10.1 Å². The van der Waals surface area contributed by atoms with Gasteiger partial charge in [-0.2, -0.15) is 0 Å². The normalized spacial score (nSPS) is 42.0. The molecule has 0 aliphatic heterocycles. The Balaban J connectivity index is 2.88. The van der Waals surface area contributed by atoms with Crippen molar-refractivity contribution in [2.75, 3.05) is 0 Å². The molecule has 0 heterocycles. The van der Waals surface area contributed by atoms with E-state index < -0.39 is 0 Å². The van der Waals surface area contributed by atoms with E-state index >= 15 is 0 Å². The van der Waals surface area contributed by atoms with E-state index in [0.29, 0.717) is 11.8 Å². The van der Waals surface area contributed by atoms with Crippen molar-refractivity contribution in [3.05, 3.63) is 21.6 Å². The lowest BCUT2D eigenvalue weighted by Gasteiger charge is -2.33. The van der Waals surface area contributed by atoms with Gasteiger partial charge in [0.15, 0.2) is 0 Å². The van der Waals surface area contributed by atoms with Crippen molar-refractivity contribution in [2.45, 2.75) is 33.2 Å². The van der Waals surface area contributed by atoms with Crippen LogP contribution in [-0.2, 0) is 0 Å². The third-order valence-corrected chi connectivity index (χ3v) is 3.62. The maximum atomic E-state index is 10.2. The number of rotatable bonds is 0. The van der Waals surface area contributed by atoms with E-state index in [4.69, 9.17) is 6.57 Å². The van der Waals surface area contributed by atoms with Gasteiger partial charge in [-0.15, -0.1) is 0 Å². The van der Waals surface area contributed by atoms with Crippen LogP contribution in [0.2, 0.25) is 0 Å². The second-order valence-electron chi connectivity index (χ2n) is 4.37. The SMILES string of the molecule is [C-]#[N+]C1CC(C)C(C)C(C#[N+][O-])C1C. The Morgan fingerprint density at radius 1 is 1.29 bits per heavy atom. The second-order valence-corrected chi connectivity index (χ2v) is 4.37. The minimum Gasteiger partial charge on any atom is -0.498 e. The van der Waals surface area contributed by atoms with Gasteiger partial charge in [0.25, 0.3) is 0 Å². The third kappa shape index (κ3) is 1.82. The molecular formula is C11H16N2O. The van der Waals surface area contributed by atoms with Gasteiger partial charge in [0, 0.05) is 11.4 Å². The van der Waals surface area contributed by atoms with Gasteiger partial charge in [0.05, 0.1) is 5.92 Å².